The van der Waals surface area contributed by atoms with Gasteiger partial charge in [0.25, 0.3) is 10.1 Å². The van der Waals surface area contributed by atoms with E-state index in [4.69, 9.17) is 9.68 Å². The fourth-order valence-electron chi connectivity index (χ4n) is 5.56. The quantitative estimate of drug-likeness (QED) is 0.0917. The Balaban J connectivity index is 1.35. The number of hydrogen-bond donors (Lipinski definition) is 5. The third kappa shape index (κ3) is 7.60. The molecule has 0 spiro atoms. The van der Waals surface area contributed by atoms with Crippen LogP contribution in [-0.2, 0) is 25.1 Å². The lowest BCUT2D eigenvalue weighted by atomic mass is 9.76. The number of carbonyl (C=O) groups is 2. The molecule has 5 N–H and O–H groups in total. The van der Waals surface area contributed by atoms with Crippen molar-refractivity contribution >= 4 is 33.5 Å². The van der Waals surface area contributed by atoms with Crippen LogP contribution in [0.25, 0.3) is 0 Å². The molecule has 14 nitrogen and oxygen atoms in total. The van der Waals surface area contributed by atoms with Crippen LogP contribution in [0.3, 0.4) is 0 Å². The van der Waals surface area contributed by atoms with Crippen molar-refractivity contribution in [1.82, 2.24) is 9.46 Å². The molecular weight excluding hydrogens is 610 g/mol. The molecule has 1 unspecified atom stereocenters. The fraction of sp³-hybridized carbons (Fsp3) is 0.433. The fourth-order valence-corrected chi connectivity index (χ4v) is 6.06. The van der Waals surface area contributed by atoms with Gasteiger partial charge in [0.05, 0.1) is 10.3 Å². The third-order valence-electron chi connectivity index (χ3n) is 8.16. The van der Waals surface area contributed by atoms with Crippen LogP contribution in [0.1, 0.15) is 77.2 Å². The zero-order valence-corrected chi connectivity index (χ0v) is 25.9. The van der Waals surface area contributed by atoms with Gasteiger partial charge in [-0.1, -0.05) is 12.8 Å². The number of aromatic nitrogens is 2. The van der Waals surface area contributed by atoms with Gasteiger partial charge in [-0.2, -0.15) is 13.0 Å². The average molecular weight is 649 g/mol. The Kier molecular flexibility index (Phi) is 10.1. The zero-order valence-electron chi connectivity index (χ0n) is 25.0. The molecule has 0 fully saturated rings. The number of unbranched alkanes of at least 4 members (excludes halogenated alkanes) is 4. The lowest BCUT2D eigenvalue weighted by Gasteiger charge is -2.22. The van der Waals surface area contributed by atoms with Gasteiger partial charge in [-0.25, -0.2) is 9.59 Å². The van der Waals surface area contributed by atoms with Crippen LogP contribution in [0.2, 0.25) is 0 Å². The van der Waals surface area contributed by atoms with Gasteiger partial charge >= 0.3 is 11.9 Å². The van der Waals surface area contributed by atoms with E-state index < -0.39 is 51.0 Å². The smallest absolute Gasteiger partial charge is 0.333 e. The summed E-state index contributed by atoms with van der Waals surface area (Å²) in [5.74, 6) is -2.80. The SMILES string of the molecule is CC1=[N+](CCCCCC(=O)On2c(O)ccc2O)c2ccc(S(=O)(=O)O)cc2C1(C)CCCCCC(=O)On1c(O)ccc1O. The first-order valence-electron chi connectivity index (χ1n) is 14.6. The van der Waals surface area contributed by atoms with Crippen LogP contribution in [0.4, 0.5) is 5.69 Å². The van der Waals surface area contributed by atoms with E-state index in [9.17, 15) is 43.0 Å². The van der Waals surface area contributed by atoms with Gasteiger partial charge in [-0.15, -0.1) is 9.46 Å². The highest BCUT2D eigenvalue weighted by atomic mass is 32.2. The Morgan fingerprint density at radius 3 is 1.76 bits per heavy atom. The van der Waals surface area contributed by atoms with Crippen molar-refractivity contribution in [2.45, 2.75) is 81.9 Å². The summed E-state index contributed by atoms with van der Waals surface area (Å²) in [4.78, 5) is 34.1. The van der Waals surface area contributed by atoms with E-state index >= 15 is 0 Å². The van der Waals surface area contributed by atoms with Crippen LogP contribution in [0, 0.1) is 0 Å². The normalized spacial score (nSPS) is 16.2. The molecule has 0 amide bonds. The Morgan fingerprint density at radius 2 is 1.27 bits per heavy atom. The third-order valence-corrected chi connectivity index (χ3v) is 9.01. The Bertz CT molecular complexity index is 1670. The highest BCUT2D eigenvalue weighted by molar-refractivity contribution is 7.85. The van der Waals surface area contributed by atoms with Gasteiger partial charge in [-0.05, 0) is 44.7 Å². The van der Waals surface area contributed by atoms with Gasteiger partial charge in [0.2, 0.25) is 29.2 Å². The van der Waals surface area contributed by atoms with E-state index in [2.05, 4.69) is 4.58 Å². The average Bonchev–Trinajstić information content (AvgIpc) is 3.54. The monoisotopic (exact) mass is 648 g/mol. The van der Waals surface area contributed by atoms with E-state index in [0.717, 1.165) is 17.0 Å². The maximum Gasteiger partial charge on any atom is 0.333 e. The molecule has 1 atom stereocenters. The summed E-state index contributed by atoms with van der Waals surface area (Å²) in [6.45, 7) is 4.59. The second-order valence-corrected chi connectivity index (χ2v) is 12.6. The lowest BCUT2D eigenvalue weighted by molar-refractivity contribution is -0.439. The number of fused-ring (bicyclic) bond motifs is 1. The van der Waals surface area contributed by atoms with E-state index in [-0.39, 0.29) is 17.7 Å². The molecule has 1 aromatic carbocycles. The van der Waals surface area contributed by atoms with E-state index in [1.807, 2.05) is 13.8 Å². The standard InChI is InChI=1S/C30H37N3O11S/c1-20-30(2,17-7-3-5-9-28(38)43-32-24(34)13-14-25(32)35)22-19-21(45(40,41)42)11-12-23(22)31(20)18-8-4-6-10-29(39)44-33-26(36)15-16-27(33)37/h11-16,19H,3-10,17-18H2,1-2H3,(H4-,34,35,36,37,40,41,42)/p+1. The van der Waals surface area contributed by atoms with E-state index in [1.165, 1.54) is 36.4 Å². The largest absolute Gasteiger partial charge is 0.492 e. The Morgan fingerprint density at radius 1 is 0.778 bits per heavy atom. The molecule has 0 bridgehead atoms. The molecule has 1 aliphatic heterocycles. The van der Waals surface area contributed by atoms with Gasteiger partial charge in [0.15, 0.2) is 5.71 Å². The molecule has 0 saturated heterocycles. The minimum Gasteiger partial charge on any atom is -0.492 e. The van der Waals surface area contributed by atoms with Gasteiger partial charge in [-0.3, -0.25) is 4.55 Å². The van der Waals surface area contributed by atoms with Crippen LogP contribution in [0.5, 0.6) is 23.5 Å². The van der Waals surface area contributed by atoms with Crippen molar-refractivity contribution in [3.63, 3.8) is 0 Å². The summed E-state index contributed by atoms with van der Waals surface area (Å²) in [5.41, 5.74) is 2.04. The topological polar surface area (TPSA) is 201 Å². The Labute approximate surface area is 260 Å². The summed E-state index contributed by atoms with van der Waals surface area (Å²) in [7, 11) is -4.43. The highest BCUT2D eigenvalue weighted by Crippen LogP contribution is 2.44. The molecule has 2 aromatic heterocycles. The first-order valence-corrected chi connectivity index (χ1v) is 16.0. The summed E-state index contributed by atoms with van der Waals surface area (Å²) in [6, 6.07) is 9.34. The predicted octanol–water partition coefficient (Wildman–Crippen LogP) is 3.56. The van der Waals surface area contributed by atoms with Gasteiger partial charge in [0, 0.05) is 62.1 Å². The number of hydrogen-bond acceptors (Lipinski definition) is 10. The molecule has 1 aliphatic rings. The van der Waals surface area contributed by atoms with Crippen molar-refractivity contribution in [3.05, 3.63) is 48.0 Å². The van der Waals surface area contributed by atoms with Crippen molar-refractivity contribution in [3.8, 4) is 23.5 Å². The van der Waals surface area contributed by atoms with Crippen molar-refractivity contribution < 1.29 is 57.2 Å². The molecule has 0 radical (unpaired) electrons. The molecule has 0 aliphatic carbocycles. The van der Waals surface area contributed by atoms with Crippen molar-refractivity contribution in [2.75, 3.05) is 6.54 Å². The first-order chi connectivity index (χ1) is 21.2. The maximum atomic E-state index is 12.2. The minimum atomic E-state index is -4.43. The first kappa shape index (κ1) is 33.4. The molecule has 3 heterocycles. The molecular formula is C30H38N3O11S+. The Hall–Kier alpha value is -4.50. The molecule has 4 rings (SSSR count). The molecule has 3 aromatic rings. The zero-order chi connectivity index (χ0) is 32.9. The molecule has 0 saturated carbocycles. The molecule has 45 heavy (non-hydrogen) atoms. The van der Waals surface area contributed by atoms with Crippen LogP contribution >= 0.6 is 0 Å². The van der Waals surface area contributed by atoms with Crippen LogP contribution in [-0.4, -0.2) is 71.6 Å². The predicted molar refractivity (Wildman–Crippen MR) is 159 cm³/mol. The van der Waals surface area contributed by atoms with Crippen molar-refractivity contribution in [2.24, 2.45) is 0 Å². The minimum absolute atomic E-state index is 0.0629. The van der Waals surface area contributed by atoms with Crippen molar-refractivity contribution in [1.29, 1.82) is 0 Å². The highest BCUT2D eigenvalue weighted by Gasteiger charge is 2.46. The second-order valence-electron chi connectivity index (χ2n) is 11.2. The number of rotatable bonds is 15. The van der Waals surface area contributed by atoms with E-state index in [1.54, 1.807) is 6.07 Å². The maximum absolute atomic E-state index is 12.2. The summed E-state index contributed by atoms with van der Waals surface area (Å²) in [6.07, 6.45) is 4.50. The lowest BCUT2D eigenvalue weighted by Crippen LogP contribution is -2.30. The summed E-state index contributed by atoms with van der Waals surface area (Å²) >= 11 is 0. The molecule has 15 heteroatoms. The summed E-state index contributed by atoms with van der Waals surface area (Å²) in [5, 5.41) is 38.5. The second kappa shape index (κ2) is 13.6. The van der Waals surface area contributed by atoms with Gasteiger partial charge in [0.1, 0.15) is 6.54 Å². The van der Waals surface area contributed by atoms with Crippen LogP contribution in [0.15, 0.2) is 47.4 Å². The van der Waals surface area contributed by atoms with Gasteiger partial charge < -0.3 is 30.1 Å². The number of benzene rings is 1. The number of nitrogens with zero attached hydrogens (tertiary/aromatic N) is 3. The number of aromatic hydroxyl groups is 4. The summed E-state index contributed by atoms with van der Waals surface area (Å²) < 4.78 is 37.0. The molecule has 244 valence electrons. The van der Waals surface area contributed by atoms with E-state index in [0.29, 0.717) is 61.0 Å². The number of carbonyl (C=O) groups excluding carboxylic acids is 2. The van der Waals surface area contributed by atoms with Crippen LogP contribution < -0.4 is 9.68 Å².